The van der Waals surface area contributed by atoms with E-state index in [9.17, 15) is 9.90 Å². The van der Waals surface area contributed by atoms with Gasteiger partial charge in [0, 0.05) is 19.6 Å². The molecule has 0 bridgehead atoms. The molecule has 4 rings (SSSR count). The Morgan fingerprint density at radius 3 is 1.85 bits per heavy atom. The molecule has 34 heavy (non-hydrogen) atoms. The van der Waals surface area contributed by atoms with Crippen LogP contribution < -0.4 is 5.32 Å². The van der Waals surface area contributed by atoms with Gasteiger partial charge in [0.2, 0.25) is 5.91 Å². The number of nitrogens with zero attached hydrogens (tertiary/aromatic N) is 1. The molecule has 1 heterocycles. The van der Waals surface area contributed by atoms with Crippen LogP contribution in [0.2, 0.25) is 0 Å². The number of aliphatic hydroxyl groups excluding tert-OH is 1. The second kappa shape index (κ2) is 11.8. The minimum absolute atomic E-state index is 0.0106. The van der Waals surface area contributed by atoms with E-state index in [2.05, 4.69) is 58.7 Å². The molecule has 0 saturated carbocycles. The summed E-state index contributed by atoms with van der Waals surface area (Å²) in [6.45, 7) is 3.86. The number of rotatable bonds is 8. The van der Waals surface area contributed by atoms with Crippen molar-refractivity contribution in [3.63, 3.8) is 0 Å². The van der Waals surface area contributed by atoms with E-state index in [1.165, 1.54) is 22.3 Å². The van der Waals surface area contributed by atoms with Gasteiger partial charge in [0.15, 0.2) is 0 Å². The van der Waals surface area contributed by atoms with E-state index in [1.54, 1.807) is 6.92 Å². The normalized spacial score (nSPS) is 16.0. The molecule has 3 aromatic carbocycles. The van der Waals surface area contributed by atoms with E-state index in [0.717, 1.165) is 31.5 Å². The number of carbonyl (C=O) groups excluding carboxylic acids is 1. The fourth-order valence-electron chi connectivity index (χ4n) is 4.79. The maximum atomic E-state index is 13.1. The largest absolute Gasteiger partial charge is 0.393 e. The topological polar surface area (TPSA) is 52.6 Å². The van der Waals surface area contributed by atoms with Gasteiger partial charge >= 0.3 is 0 Å². The number of hydrogen-bond donors (Lipinski definition) is 2. The number of nitrogens with one attached hydrogen (secondary N) is 1. The van der Waals surface area contributed by atoms with Gasteiger partial charge in [-0.05, 0) is 48.4 Å². The maximum Gasteiger partial charge on any atom is 0.237 e. The SMILES string of the molecule is C[C@H](O)C[C@H](C(=O)NCc1ccccc1)N1CCC(=C(c2ccccc2)c2ccccc2)CC1. The van der Waals surface area contributed by atoms with Crippen LogP contribution in [-0.2, 0) is 11.3 Å². The van der Waals surface area contributed by atoms with Gasteiger partial charge in [-0.2, -0.15) is 0 Å². The van der Waals surface area contributed by atoms with Crippen LogP contribution in [0.5, 0.6) is 0 Å². The van der Waals surface area contributed by atoms with Gasteiger partial charge in [-0.25, -0.2) is 0 Å². The summed E-state index contributed by atoms with van der Waals surface area (Å²) in [5.41, 5.74) is 6.28. The van der Waals surface area contributed by atoms with Crippen LogP contribution in [-0.4, -0.2) is 41.1 Å². The lowest BCUT2D eigenvalue weighted by Crippen LogP contribution is -2.50. The third kappa shape index (κ3) is 6.22. The fourth-order valence-corrected chi connectivity index (χ4v) is 4.79. The van der Waals surface area contributed by atoms with Gasteiger partial charge in [0.1, 0.15) is 0 Å². The van der Waals surface area contributed by atoms with Gasteiger partial charge in [0.05, 0.1) is 12.1 Å². The van der Waals surface area contributed by atoms with Gasteiger partial charge in [0.25, 0.3) is 0 Å². The van der Waals surface area contributed by atoms with E-state index < -0.39 is 6.10 Å². The maximum absolute atomic E-state index is 13.1. The molecule has 0 unspecified atom stereocenters. The molecule has 2 N–H and O–H groups in total. The van der Waals surface area contributed by atoms with Crippen molar-refractivity contribution in [3.05, 3.63) is 113 Å². The summed E-state index contributed by atoms with van der Waals surface area (Å²) in [4.78, 5) is 15.4. The van der Waals surface area contributed by atoms with Crippen molar-refractivity contribution in [3.8, 4) is 0 Å². The molecule has 1 aliphatic heterocycles. The predicted molar refractivity (Wildman–Crippen MR) is 138 cm³/mol. The summed E-state index contributed by atoms with van der Waals surface area (Å²) >= 11 is 0. The summed E-state index contributed by atoms with van der Waals surface area (Å²) in [5.74, 6) is -0.0106. The monoisotopic (exact) mass is 454 g/mol. The number of aliphatic hydroxyl groups is 1. The number of amides is 1. The van der Waals surface area contributed by atoms with Crippen molar-refractivity contribution < 1.29 is 9.90 Å². The molecule has 4 nitrogen and oxygen atoms in total. The number of carbonyl (C=O) groups is 1. The Balaban J connectivity index is 1.50. The van der Waals surface area contributed by atoms with Crippen LogP contribution >= 0.6 is 0 Å². The molecular formula is C30H34N2O2. The Morgan fingerprint density at radius 1 is 0.853 bits per heavy atom. The summed E-state index contributed by atoms with van der Waals surface area (Å²) in [7, 11) is 0. The molecule has 4 heteroatoms. The first-order chi connectivity index (χ1) is 16.6. The summed E-state index contributed by atoms with van der Waals surface area (Å²) < 4.78 is 0. The summed E-state index contributed by atoms with van der Waals surface area (Å²) in [6.07, 6.45) is 1.71. The highest BCUT2D eigenvalue weighted by Gasteiger charge is 2.30. The predicted octanol–water partition coefficient (Wildman–Crippen LogP) is 5.04. The summed E-state index contributed by atoms with van der Waals surface area (Å²) in [6, 6.07) is 30.8. The Labute approximate surface area is 202 Å². The molecule has 0 radical (unpaired) electrons. The first-order valence-electron chi connectivity index (χ1n) is 12.2. The van der Waals surface area contributed by atoms with Crippen molar-refractivity contribution in [1.29, 1.82) is 0 Å². The van der Waals surface area contributed by atoms with Gasteiger partial charge in [-0.15, -0.1) is 0 Å². The molecule has 1 fully saturated rings. The van der Waals surface area contributed by atoms with Crippen molar-refractivity contribution in [2.24, 2.45) is 0 Å². The molecule has 0 spiro atoms. The lowest BCUT2D eigenvalue weighted by molar-refractivity contribution is -0.128. The first-order valence-corrected chi connectivity index (χ1v) is 12.2. The molecule has 0 aromatic heterocycles. The average molecular weight is 455 g/mol. The smallest absolute Gasteiger partial charge is 0.237 e. The van der Waals surface area contributed by atoms with Crippen LogP contribution in [0.25, 0.3) is 5.57 Å². The van der Waals surface area contributed by atoms with E-state index in [-0.39, 0.29) is 11.9 Å². The van der Waals surface area contributed by atoms with E-state index >= 15 is 0 Å². The van der Waals surface area contributed by atoms with Crippen molar-refractivity contribution in [2.75, 3.05) is 13.1 Å². The zero-order chi connectivity index (χ0) is 23.8. The van der Waals surface area contributed by atoms with Gasteiger partial charge in [-0.1, -0.05) is 96.6 Å². The molecule has 1 aliphatic rings. The van der Waals surface area contributed by atoms with E-state index in [1.807, 2.05) is 42.5 Å². The lowest BCUT2D eigenvalue weighted by Gasteiger charge is -2.36. The zero-order valence-corrected chi connectivity index (χ0v) is 19.9. The molecule has 176 valence electrons. The van der Waals surface area contributed by atoms with E-state index in [4.69, 9.17) is 0 Å². The van der Waals surface area contributed by atoms with Crippen molar-refractivity contribution in [1.82, 2.24) is 10.2 Å². The molecule has 1 amide bonds. The van der Waals surface area contributed by atoms with Gasteiger partial charge in [-0.3, -0.25) is 9.69 Å². The number of piperidine rings is 1. The quantitative estimate of drug-likeness (QED) is 0.501. The lowest BCUT2D eigenvalue weighted by atomic mass is 9.88. The third-order valence-electron chi connectivity index (χ3n) is 6.50. The second-order valence-corrected chi connectivity index (χ2v) is 9.05. The number of benzene rings is 3. The average Bonchev–Trinajstić information content (AvgIpc) is 2.88. The first kappa shape index (κ1) is 23.9. The Morgan fingerprint density at radius 2 is 1.35 bits per heavy atom. The molecule has 1 saturated heterocycles. The Bertz CT molecular complexity index is 1030. The highest BCUT2D eigenvalue weighted by Crippen LogP contribution is 2.33. The van der Waals surface area contributed by atoms with Crippen LogP contribution in [0, 0.1) is 0 Å². The van der Waals surface area contributed by atoms with Crippen molar-refractivity contribution in [2.45, 2.75) is 44.9 Å². The number of hydrogen-bond acceptors (Lipinski definition) is 3. The standard InChI is InChI=1S/C30H34N2O2/c1-23(33)21-28(30(34)31-22-24-11-5-2-6-12-24)32-19-17-27(18-20-32)29(25-13-7-3-8-14-25)26-15-9-4-10-16-26/h2-16,23,28,33H,17-22H2,1H3,(H,31,34)/t23-,28+/m0/s1. The van der Waals surface area contributed by atoms with E-state index in [0.29, 0.717) is 13.0 Å². The molecular weight excluding hydrogens is 420 g/mol. The van der Waals surface area contributed by atoms with Crippen LogP contribution in [0.15, 0.2) is 96.6 Å². The van der Waals surface area contributed by atoms with Gasteiger partial charge < -0.3 is 10.4 Å². The third-order valence-corrected chi connectivity index (χ3v) is 6.50. The molecule has 3 aromatic rings. The summed E-state index contributed by atoms with van der Waals surface area (Å²) in [5, 5.41) is 13.2. The van der Waals surface area contributed by atoms with Crippen LogP contribution in [0.1, 0.15) is 42.9 Å². The van der Waals surface area contributed by atoms with Crippen LogP contribution in [0.3, 0.4) is 0 Å². The second-order valence-electron chi connectivity index (χ2n) is 9.05. The Kier molecular flexibility index (Phi) is 8.29. The molecule has 0 aliphatic carbocycles. The Hall–Kier alpha value is -3.21. The minimum atomic E-state index is -0.534. The van der Waals surface area contributed by atoms with Crippen molar-refractivity contribution >= 4 is 11.5 Å². The van der Waals surface area contributed by atoms with Crippen LogP contribution in [0.4, 0.5) is 0 Å². The zero-order valence-electron chi connectivity index (χ0n) is 19.9. The highest BCUT2D eigenvalue weighted by molar-refractivity contribution is 5.83. The fraction of sp³-hybridized carbons (Fsp3) is 0.300. The minimum Gasteiger partial charge on any atom is -0.393 e. The number of likely N-dealkylation sites (tertiary alicyclic amines) is 1. The highest BCUT2D eigenvalue weighted by atomic mass is 16.3. The molecule has 2 atom stereocenters.